The Morgan fingerprint density at radius 3 is 3.08 bits per heavy atom. The van der Waals surface area contributed by atoms with Gasteiger partial charge in [0.25, 0.3) is 5.91 Å². The molecule has 9 nitrogen and oxygen atoms in total. The van der Waals surface area contributed by atoms with Crippen LogP contribution < -0.4 is 16.9 Å². The predicted molar refractivity (Wildman–Crippen MR) is 90.4 cm³/mol. The minimum absolute atomic E-state index is 0.178. The van der Waals surface area contributed by atoms with Crippen LogP contribution in [0.15, 0.2) is 40.0 Å². The summed E-state index contributed by atoms with van der Waals surface area (Å²) in [5.74, 6) is 4.66. The van der Waals surface area contributed by atoms with Gasteiger partial charge in [0, 0.05) is 16.0 Å². The summed E-state index contributed by atoms with van der Waals surface area (Å²) in [4.78, 5) is 26.0. The number of anilines is 2. The molecule has 0 bridgehead atoms. The zero-order valence-electron chi connectivity index (χ0n) is 12.2. The molecular formula is C13H13N7O2S2. The van der Waals surface area contributed by atoms with Crippen LogP contribution in [-0.4, -0.2) is 26.1 Å². The van der Waals surface area contributed by atoms with E-state index in [2.05, 4.69) is 30.3 Å². The van der Waals surface area contributed by atoms with Crippen LogP contribution in [0.4, 0.5) is 10.8 Å². The van der Waals surface area contributed by atoms with E-state index in [0.29, 0.717) is 27.2 Å². The number of thiazole rings is 1. The Kier molecular flexibility index (Phi) is 5.05. The van der Waals surface area contributed by atoms with Crippen molar-refractivity contribution in [2.45, 2.75) is 16.7 Å². The molecule has 2 aromatic heterocycles. The van der Waals surface area contributed by atoms with Gasteiger partial charge < -0.3 is 5.73 Å². The van der Waals surface area contributed by atoms with Crippen molar-refractivity contribution in [1.29, 1.82) is 0 Å². The number of carbonyl (C=O) groups excluding carboxylic acids is 1. The summed E-state index contributed by atoms with van der Waals surface area (Å²) in [6.07, 6.45) is 1.42. The van der Waals surface area contributed by atoms with E-state index >= 15 is 0 Å². The maximum absolute atomic E-state index is 12.4. The molecule has 0 aliphatic carbocycles. The lowest BCUT2D eigenvalue weighted by molar-refractivity contribution is 0.102. The highest BCUT2D eigenvalue weighted by Crippen LogP contribution is 2.28. The van der Waals surface area contributed by atoms with E-state index in [0.717, 1.165) is 4.90 Å². The van der Waals surface area contributed by atoms with Gasteiger partial charge >= 0.3 is 0 Å². The van der Waals surface area contributed by atoms with Gasteiger partial charge in [-0.05, 0) is 18.2 Å². The molecule has 24 heavy (non-hydrogen) atoms. The molecule has 0 saturated carbocycles. The topological polar surface area (TPSA) is 145 Å². The SMILES string of the molecule is NOCc1csc(NC(=O)c2cc(Sc3ncn[nH]3)ccc2N)n1. The van der Waals surface area contributed by atoms with Crippen LogP contribution in [0.1, 0.15) is 16.1 Å². The molecule has 0 fully saturated rings. The minimum Gasteiger partial charge on any atom is -0.398 e. The number of hydrogen-bond donors (Lipinski definition) is 4. The molecule has 124 valence electrons. The second-order valence-corrected chi connectivity index (χ2v) is 6.47. The lowest BCUT2D eigenvalue weighted by Gasteiger charge is -2.07. The number of H-pyrrole nitrogens is 1. The molecule has 0 aliphatic rings. The van der Waals surface area contributed by atoms with Crippen molar-refractivity contribution in [3.63, 3.8) is 0 Å². The number of rotatable bonds is 6. The van der Waals surface area contributed by atoms with Crippen molar-refractivity contribution in [3.8, 4) is 0 Å². The number of benzene rings is 1. The average Bonchev–Trinajstić information content (AvgIpc) is 3.22. The van der Waals surface area contributed by atoms with E-state index < -0.39 is 0 Å². The van der Waals surface area contributed by atoms with Gasteiger partial charge in [0.1, 0.15) is 12.9 Å². The highest BCUT2D eigenvalue weighted by molar-refractivity contribution is 7.99. The first-order chi connectivity index (χ1) is 11.7. The fourth-order valence-corrected chi connectivity index (χ4v) is 3.26. The maximum atomic E-state index is 12.4. The fraction of sp³-hybridized carbons (Fsp3) is 0.0769. The Hall–Kier alpha value is -2.47. The third-order valence-corrected chi connectivity index (χ3v) is 4.57. The molecule has 3 rings (SSSR count). The van der Waals surface area contributed by atoms with Crippen LogP contribution >= 0.6 is 23.1 Å². The molecule has 0 radical (unpaired) electrons. The smallest absolute Gasteiger partial charge is 0.259 e. The van der Waals surface area contributed by atoms with Crippen molar-refractivity contribution in [2.24, 2.45) is 5.90 Å². The number of amides is 1. The van der Waals surface area contributed by atoms with E-state index in [1.54, 1.807) is 23.6 Å². The molecule has 0 aliphatic heterocycles. The number of aromatic amines is 1. The molecule has 1 aromatic carbocycles. The standard InChI is InChI=1S/C13H13N7O2S2/c14-10-2-1-8(24-12-16-6-17-20-12)3-9(10)11(21)19-13-18-7(4-22-15)5-23-13/h1-3,5-6H,4,14-15H2,(H,16,17,20)(H,18,19,21). The molecule has 6 N–H and O–H groups in total. The number of nitrogens with zero attached hydrogens (tertiary/aromatic N) is 3. The van der Waals surface area contributed by atoms with Crippen LogP contribution in [0.2, 0.25) is 0 Å². The number of hydrogen-bond acceptors (Lipinski definition) is 9. The molecule has 2 heterocycles. The van der Waals surface area contributed by atoms with E-state index in [1.807, 2.05) is 0 Å². The molecule has 3 aromatic rings. The zero-order chi connectivity index (χ0) is 16.9. The second-order valence-electron chi connectivity index (χ2n) is 4.55. The van der Waals surface area contributed by atoms with Crippen molar-refractivity contribution in [3.05, 3.63) is 41.2 Å². The van der Waals surface area contributed by atoms with Gasteiger partial charge in [0.15, 0.2) is 10.3 Å². The van der Waals surface area contributed by atoms with Crippen LogP contribution in [-0.2, 0) is 11.4 Å². The highest BCUT2D eigenvalue weighted by Gasteiger charge is 2.14. The predicted octanol–water partition coefficient (Wildman–Crippen LogP) is 1.64. The van der Waals surface area contributed by atoms with Crippen molar-refractivity contribution in [2.75, 3.05) is 11.1 Å². The van der Waals surface area contributed by atoms with Crippen LogP contribution in [0.5, 0.6) is 0 Å². The normalized spacial score (nSPS) is 10.7. The van der Waals surface area contributed by atoms with Gasteiger partial charge in [-0.1, -0.05) is 11.8 Å². The van der Waals surface area contributed by atoms with E-state index in [9.17, 15) is 4.79 Å². The summed E-state index contributed by atoms with van der Waals surface area (Å²) in [6.45, 7) is 0.178. The summed E-state index contributed by atoms with van der Waals surface area (Å²) in [6, 6.07) is 5.16. The molecular weight excluding hydrogens is 350 g/mol. The number of aromatic nitrogens is 4. The van der Waals surface area contributed by atoms with Crippen LogP contribution in [0, 0.1) is 0 Å². The Morgan fingerprint density at radius 2 is 2.33 bits per heavy atom. The van der Waals surface area contributed by atoms with Crippen LogP contribution in [0.3, 0.4) is 0 Å². The zero-order valence-corrected chi connectivity index (χ0v) is 13.9. The quantitative estimate of drug-likeness (QED) is 0.382. The third-order valence-electron chi connectivity index (χ3n) is 2.88. The lowest BCUT2D eigenvalue weighted by Crippen LogP contribution is -2.14. The van der Waals surface area contributed by atoms with Gasteiger partial charge in [0.2, 0.25) is 0 Å². The van der Waals surface area contributed by atoms with E-state index in [4.69, 9.17) is 11.6 Å². The Bertz CT molecular complexity index is 835. The van der Waals surface area contributed by atoms with Gasteiger partial charge in [0.05, 0.1) is 11.3 Å². The number of nitrogens with one attached hydrogen (secondary N) is 2. The highest BCUT2D eigenvalue weighted by atomic mass is 32.2. The average molecular weight is 363 g/mol. The van der Waals surface area contributed by atoms with Gasteiger partial charge in [-0.2, -0.15) is 5.10 Å². The molecule has 11 heteroatoms. The summed E-state index contributed by atoms with van der Waals surface area (Å²) >= 11 is 2.62. The molecule has 1 amide bonds. The first-order valence-electron chi connectivity index (χ1n) is 6.66. The third kappa shape index (κ3) is 3.89. The first kappa shape index (κ1) is 16.4. The number of carbonyl (C=O) groups is 1. The van der Waals surface area contributed by atoms with E-state index in [1.165, 1.54) is 29.4 Å². The summed E-state index contributed by atoms with van der Waals surface area (Å²) < 4.78 is 0. The van der Waals surface area contributed by atoms with Crippen molar-refractivity contribution < 1.29 is 9.63 Å². The largest absolute Gasteiger partial charge is 0.398 e. The summed E-state index contributed by atoms with van der Waals surface area (Å²) in [7, 11) is 0. The van der Waals surface area contributed by atoms with Gasteiger partial charge in [-0.15, -0.1) is 11.3 Å². The summed E-state index contributed by atoms with van der Waals surface area (Å²) in [5.41, 5.74) is 7.27. The Labute approximate surface area is 144 Å². The summed E-state index contributed by atoms with van der Waals surface area (Å²) in [5, 5.41) is 12.1. The van der Waals surface area contributed by atoms with Gasteiger partial charge in [-0.3, -0.25) is 20.0 Å². The molecule has 0 atom stereocenters. The van der Waals surface area contributed by atoms with Crippen molar-refractivity contribution >= 4 is 39.8 Å². The minimum atomic E-state index is -0.345. The maximum Gasteiger partial charge on any atom is 0.259 e. The Morgan fingerprint density at radius 1 is 1.46 bits per heavy atom. The lowest BCUT2D eigenvalue weighted by atomic mass is 10.1. The second kappa shape index (κ2) is 7.40. The van der Waals surface area contributed by atoms with Crippen molar-refractivity contribution in [1.82, 2.24) is 20.2 Å². The van der Waals surface area contributed by atoms with E-state index in [-0.39, 0.29) is 12.5 Å². The Balaban J connectivity index is 1.75. The monoisotopic (exact) mass is 363 g/mol. The molecule has 0 unspecified atom stereocenters. The molecule has 0 saturated heterocycles. The first-order valence-corrected chi connectivity index (χ1v) is 8.35. The fourth-order valence-electron chi connectivity index (χ4n) is 1.83. The molecule has 0 spiro atoms. The van der Waals surface area contributed by atoms with Crippen LogP contribution in [0.25, 0.3) is 0 Å². The van der Waals surface area contributed by atoms with Gasteiger partial charge in [-0.25, -0.2) is 15.9 Å². The number of nitrogen functional groups attached to an aromatic ring is 1. The number of nitrogens with two attached hydrogens (primary N) is 2.